The molecule has 0 aliphatic rings. The van der Waals surface area contributed by atoms with Crippen LogP contribution >= 0.6 is 11.6 Å². The molecule has 0 aliphatic heterocycles. The van der Waals surface area contributed by atoms with Gasteiger partial charge < -0.3 is 19.0 Å². The maximum Gasteiger partial charge on any atom is 0.177 e. The molecule has 3 aromatic rings. The van der Waals surface area contributed by atoms with E-state index < -0.39 is 0 Å². The minimum atomic E-state index is 0.0606. The van der Waals surface area contributed by atoms with Gasteiger partial charge in [-0.15, -0.1) is 0 Å². The standard InChI is InChI=1S/C20H21ClO4/c1-3-9-23-15-11-16(24-10-4-2)18-17(12-15)25-20(19(18)22)13-5-7-14(21)8-6-13/h5-8,11-12,22H,3-4,9-10H2,1-2H3. The molecule has 132 valence electrons. The molecule has 0 unspecified atom stereocenters. The Hall–Kier alpha value is -2.33. The lowest BCUT2D eigenvalue weighted by atomic mass is 10.1. The molecule has 1 N–H and O–H groups in total. The van der Waals surface area contributed by atoms with Crippen LogP contribution in [0.1, 0.15) is 26.7 Å². The van der Waals surface area contributed by atoms with E-state index in [1.165, 1.54) is 0 Å². The van der Waals surface area contributed by atoms with Crippen LogP contribution in [-0.2, 0) is 0 Å². The van der Waals surface area contributed by atoms with Gasteiger partial charge >= 0.3 is 0 Å². The van der Waals surface area contributed by atoms with Crippen LogP contribution in [-0.4, -0.2) is 18.3 Å². The summed E-state index contributed by atoms with van der Waals surface area (Å²) in [5.74, 6) is 1.68. The van der Waals surface area contributed by atoms with Gasteiger partial charge in [0.2, 0.25) is 0 Å². The van der Waals surface area contributed by atoms with Crippen molar-refractivity contribution in [3.05, 3.63) is 41.4 Å². The van der Waals surface area contributed by atoms with E-state index in [0.717, 1.165) is 18.4 Å². The highest BCUT2D eigenvalue weighted by molar-refractivity contribution is 6.30. The average Bonchev–Trinajstić information content (AvgIpc) is 2.95. The van der Waals surface area contributed by atoms with Crippen LogP contribution in [0.5, 0.6) is 17.2 Å². The number of hydrogen-bond acceptors (Lipinski definition) is 4. The highest BCUT2D eigenvalue weighted by Crippen LogP contribution is 2.45. The first-order chi connectivity index (χ1) is 12.1. The molecule has 0 atom stereocenters. The number of benzene rings is 2. The van der Waals surface area contributed by atoms with Gasteiger partial charge in [0, 0.05) is 22.7 Å². The van der Waals surface area contributed by atoms with Crippen molar-refractivity contribution in [2.45, 2.75) is 26.7 Å². The lowest BCUT2D eigenvalue weighted by molar-refractivity contribution is 0.303. The lowest BCUT2D eigenvalue weighted by Gasteiger charge is -2.09. The summed E-state index contributed by atoms with van der Waals surface area (Å²) in [4.78, 5) is 0. The van der Waals surface area contributed by atoms with Crippen molar-refractivity contribution in [3.63, 3.8) is 0 Å². The fraction of sp³-hybridized carbons (Fsp3) is 0.300. The van der Waals surface area contributed by atoms with Gasteiger partial charge in [0.25, 0.3) is 0 Å². The molecule has 1 aromatic heterocycles. The van der Waals surface area contributed by atoms with Gasteiger partial charge in [-0.25, -0.2) is 0 Å². The minimum absolute atomic E-state index is 0.0606. The Morgan fingerprint density at radius 2 is 1.68 bits per heavy atom. The van der Waals surface area contributed by atoms with Crippen molar-refractivity contribution in [1.29, 1.82) is 0 Å². The first-order valence-electron chi connectivity index (χ1n) is 8.45. The molecule has 0 spiro atoms. The van der Waals surface area contributed by atoms with E-state index >= 15 is 0 Å². The Bertz CT molecular complexity index is 852. The summed E-state index contributed by atoms with van der Waals surface area (Å²) in [5.41, 5.74) is 1.28. The zero-order valence-electron chi connectivity index (χ0n) is 14.3. The molecule has 3 rings (SSSR count). The number of hydrogen-bond donors (Lipinski definition) is 1. The highest BCUT2D eigenvalue weighted by Gasteiger charge is 2.20. The third-order valence-corrected chi connectivity index (χ3v) is 4.00. The van der Waals surface area contributed by atoms with E-state index in [-0.39, 0.29) is 5.75 Å². The number of rotatable bonds is 7. The van der Waals surface area contributed by atoms with Crippen molar-refractivity contribution >= 4 is 22.6 Å². The third-order valence-electron chi connectivity index (χ3n) is 3.74. The SMILES string of the molecule is CCCOc1cc(OCCC)c2c(O)c(-c3ccc(Cl)cc3)oc2c1. The first kappa shape index (κ1) is 17.5. The molecule has 0 saturated heterocycles. The monoisotopic (exact) mass is 360 g/mol. The number of fused-ring (bicyclic) bond motifs is 1. The molecule has 2 aromatic carbocycles. The quantitative estimate of drug-likeness (QED) is 0.558. The Balaban J connectivity index is 2.11. The molecular formula is C20H21ClO4. The molecule has 5 heteroatoms. The molecule has 0 aliphatic carbocycles. The van der Waals surface area contributed by atoms with E-state index in [1.54, 1.807) is 36.4 Å². The van der Waals surface area contributed by atoms with Crippen LogP contribution in [0.2, 0.25) is 5.02 Å². The van der Waals surface area contributed by atoms with E-state index in [4.69, 9.17) is 25.5 Å². The summed E-state index contributed by atoms with van der Waals surface area (Å²) >= 11 is 5.94. The van der Waals surface area contributed by atoms with Crippen LogP contribution in [0.4, 0.5) is 0 Å². The number of aromatic hydroxyl groups is 1. The maximum absolute atomic E-state index is 10.7. The van der Waals surface area contributed by atoms with Crippen molar-refractivity contribution in [3.8, 4) is 28.6 Å². The van der Waals surface area contributed by atoms with Crippen molar-refractivity contribution in [2.24, 2.45) is 0 Å². The van der Waals surface area contributed by atoms with Crippen LogP contribution in [0.3, 0.4) is 0 Å². The van der Waals surface area contributed by atoms with Gasteiger partial charge in [-0.05, 0) is 37.1 Å². The Kier molecular flexibility index (Phi) is 5.39. The van der Waals surface area contributed by atoms with E-state index in [1.807, 2.05) is 13.8 Å². The fourth-order valence-corrected chi connectivity index (χ4v) is 2.70. The largest absolute Gasteiger partial charge is 0.504 e. The predicted molar refractivity (Wildman–Crippen MR) is 99.9 cm³/mol. The average molecular weight is 361 g/mol. The van der Waals surface area contributed by atoms with Crippen molar-refractivity contribution in [2.75, 3.05) is 13.2 Å². The molecule has 0 bridgehead atoms. The fourth-order valence-electron chi connectivity index (χ4n) is 2.58. The molecular weight excluding hydrogens is 340 g/mol. The zero-order chi connectivity index (χ0) is 17.8. The summed E-state index contributed by atoms with van der Waals surface area (Å²) in [6, 6.07) is 10.7. The summed E-state index contributed by atoms with van der Waals surface area (Å²) in [6.07, 6.45) is 1.77. The predicted octanol–water partition coefficient (Wildman–Crippen LogP) is 6.04. The minimum Gasteiger partial charge on any atom is -0.504 e. The summed E-state index contributed by atoms with van der Waals surface area (Å²) in [5, 5.41) is 11.9. The molecule has 0 radical (unpaired) electrons. The first-order valence-corrected chi connectivity index (χ1v) is 8.82. The summed E-state index contributed by atoms with van der Waals surface area (Å²) in [6.45, 7) is 5.23. The topological polar surface area (TPSA) is 51.8 Å². The molecule has 0 saturated carbocycles. The Morgan fingerprint density at radius 3 is 2.36 bits per heavy atom. The van der Waals surface area contributed by atoms with E-state index in [2.05, 4.69) is 0 Å². The van der Waals surface area contributed by atoms with Crippen LogP contribution in [0, 0.1) is 0 Å². The van der Waals surface area contributed by atoms with Crippen LogP contribution < -0.4 is 9.47 Å². The summed E-state index contributed by atoms with van der Waals surface area (Å²) < 4.78 is 17.4. The highest BCUT2D eigenvalue weighted by atomic mass is 35.5. The Labute approximate surface area is 151 Å². The number of furan rings is 1. The van der Waals surface area contributed by atoms with Gasteiger partial charge in [-0.1, -0.05) is 25.4 Å². The maximum atomic E-state index is 10.7. The third kappa shape index (κ3) is 3.69. The van der Waals surface area contributed by atoms with E-state index in [0.29, 0.717) is 46.5 Å². The van der Waals surface area contributed by atoms with Gasteiger partial charge in [0.1, 0.15) is 22.5 Å². The van der Waals surface area contributed by atoms with Crippen LogP contribution in [0.25, 0.3) is 22.3 Å². The van der Waals surface area contributed by atoms with Gasteiger partial charge in [0.05, 0.1) is 13.2 Å². The normalized spacial score (nSPS) is 11.0. The van der Waals surface area contributed by atoms with Gasteiger partial charge in [-0.3, -0.25) is 0 Å². The molecule has 4 nitrogen and oxygen atoms in total. The zero-order valence-corrected chi connectivity index (χ0v) is 15.1. The molecule has 0 amide bonds. The van der Waals surface area contributed by atoms with Crippen molar-refractivity contribution in [1.82, 2.24) is 0 Å². The smallest absolute Gasteiger partial charge is 0.177 e. The number of ether oxygens (including phenoxy) is 2. The molecule has 1 heterocycles. The van der Waals surface area contributed by atoms with Gasteiger partial charge in [0.15, 0.2) is 11.5 Å². The molecule has 25 heavy (non-hydrogen) atoms. The van der Waals surface area contributed by atoms with E-state index in [9.17, 15) is 5.11 Å². The second-order valence-corrected chi connectivity index (χ2v) is 6.21. The molecule has 0 fully saturated rings. The second kappa shape index (κ2) is 7.70. The lowest BCUT2D eigenvalue weighted by Crippen LogP contribution is -1.98. The summed E-state index contributed by atoms with van der Waals surface area (Å²) in [7, 11) is 0. The second-order valence-electron chi connectivity index (χ2n) is 5.78. The van der Waals surface area contributed by atoms with Crippen molar-refractivity contribution < 1.29 is 19.0 Å². The van der Waals surface area contributed by atoms with Crippen LogP contribution in [0.15, 0.2) is 40.8 Å². The Morgan fingerprint density at radius 1 is 1.00 bits per heavy atom. The van der Waals surface area contributed by atoms with Gasteiger partial charge in [-0.2, -0.15) is 0 Å². The number of halogens is 1.